The fraction of sp³-hybridized carbons (Fsp3) is 0.714. The van der Waals surface area contributed by atoms with E-state index in [0.29, 0.717) is 17.8 Å². The van der Waals surface area contributed by atoms with Crippen molar-refractivity contribution in [1.82, 2.24) is 0 Å². The lowest BCUT2D eigenvalue weighted by Crippen LogP contribution is -2.43. The van der Waals surface area contributed by atoms with Crippen molar-refractivity contribution in [3.8, 4) is 0 Å². The number of hydrogen-bond donors (Lipinski definition) is 0. The summed E-state index contributed by atoms with van der Waals surface area (Å²) in [5, 5.41) is 0.190. The van der Waals surface area contributed by atoms with Crippen LogP contribution in [0.3, 0.4) is 0 Å². The van der Waals surface area contributed by atoms with Gasteiger partial charge in [0.05, 0.1) is 11.0 Å². The quantitative estimate of drug-likeness (QED) is 0.481. The summed E-state index contributed by atoms with van der Waals surface area (Å²) in [6.07, 6.45) is 2.86. The number of benzene rings is 1. The van der Waals surface area contributed by atoms with E-state index in [0.717, 1.165) is 31.4 Å². The molecule has 0 aliphatic heterocycles. The zero-order chi connectivity index (χ0) is 20.0. The van der Waals surface area contributed by atoms with Crippen LogP contribution in [0.15, 0.2) is 29.2 Å². The van der Waals surface area contributed by atoms with Crippen molar-refractivity contribution in [2.75, 3.05) is 6.61 Å². The van der Waals surface area contributed by atoms with Crippen molar-refractivity contribution in [3.63, 3.8) is 0 Å². The summed E-state index contributed by atoms with van der Waals surface area (Å²) in [6, 6.07) is 6.89. The maximum Gasteiger partial charge on any atom is 0.297 e. The van der Waals surface area contributed by atoms with Gasteiger partial charge in [-0.15, -0.1) is 0 Å². The molecule has 0 unspecified atom stereocenters. The van der Waals surface area contributed by atoms with Crippen LogP contribution in [0.25, 0.3) is 0 Å². The van der Waals surface area contributed by atoms with Crippen LogP contribution >= 0.6 is 0 Å². The molecule has 0 amide bonds. The molecule has 0 radical (unpaired) electrons. The highest BCUT2D eigenvalue weighted by Gasteiger charge is 2.49. The van der Waals surface area contributed by atoms with E-state index in [-0.39, 0.29) is 16.0 Å². The van der Waals surface area contributed by atoms with Gasteiger partial charge in [0.2, 0.25) is 0 Å². The highest BCUT2D eigenvalue weighted by atomic mass is 32.2. The number of rotatable bonds is 6. The van der Waals surface area contributed by atoms with E-state index >= 15 is 0 Å². The molecule has 0 saturated heterocycles. The van der Waals surface area contributed by atoms with E-state index in [9.17, 15) is 8.42 Å². The monoisotopic (exact) mass is 410 g/mol. The predicted molar refractivity (Wildman–Crippen MR) is 111 cm³/mol. The zero-order valence-electron chi connectivity index (χ0n) is 17.5. The zero-order valence-corrected chi connectivity index (χ0v) is 19.3. The SMILES string of the molecule is Cc1ccc(S(=O)(=O)O[C@@H]2C[C@@H]3C[C@@H](CO[Si](C)(C)C(C)(C)C)[C@H]2C3)cc1. The molecule has 0 spiro atoms. The third kappa shape index (κ3) is 4.49. The Kier molecular flexibility index (Phi) is 5.67. The molecule has 1 aromatic carbocycles. The minimum Gasteiger partial charge on any atom is -0.417 e. The van der Waals surface area contributed by atoms with E-state index in [2.05, 4.69) is 33.9 Å². The van der Waals surface area contributed by atoms with Crippen molar-refractivity contribution >= 4 is 18.4 Å². The summed E-state index contributed by atoms with van der Waals surface area (Å²) in [7, 11) is -5.49. The summed E-state index contributed by atoms with van der Waals surface area (Å²) in [6.45, 7) is 14.0. The highest BCUT2D eigenvalue weighted by molar-refractivity contribution is 7.86. The van der Waals surface area contributed by atoms with Crippen LogP contribution in [0.4, 0.5) is 0 Å². The molecule has 2 saturated carbocycles. The van der Waals surface area contributed by atoms with Gasteiger partial charge in [-0.1, -0.05) is 38.5 Å². The minimum absolute atomic E-state index is 0.190. The molecule has 152 valence electrons. The summed E-state index contributed by atoms with van der Waals surface area (Å²) in [5.41, 5.74) is 1.04. The number of fused-ring (bicyclic) bond motifs is 2. The first-order valence-electron chi connectivity index (χ1n) is 10.0. The first-order valence-corrected chi connectivity index (χ1v) is 14.3. The average molecular weight is 411 g/mol. The van der Waals surface area contributed by atoms with Crippen LogP contribution in [0.2, 0.25) is 18.1 Å². The molecule has 1 aromatic rings. The molecule has 0 aromatic heterocycles. The smallest absolute Gasteiger partial charge is 0.297 e. The first-order chi connectivity index (χ1) is 12.4. The maximum atomic E-state index is 12.7. The van der Waals surface area contributed by atoms with E-state index in [4.69, 9.17) is 8.61 Å². The maximum absolute atomic E-state index is 12.7. The Balaban J connectivity index is 1.65. The Labute approximate surface area is 165 Å². The average Bonchev–Trinajstić information content (AvgIpc) is 3.11. The summed E-state index contributed by atoms with van der Waals surface area (Å²) < 4.78 is 37.5. The molecule has 2 aliphatic carbocycles. The fourth-order valence-corrected chi connectivity index (χ4v) is 6.38. The van der Waals surface area contributed by atoms with Crippen LogP contribution in [0, 0.1) is 24.7 Å². The third-order valence-electron chi connectivity index (χ3n) is 6.91. The Hall–Kier alpha value is -0.693. The molecule has 2 bridgehead atoms. The normalized spacial score (nSPS) is 28.7. The van der Waals surface area contributed by atoms with Crippen molar-refractivity contribution < 1.29 is 17.0 Å². The van der Waals surface area contributed by atoms with Gasteiger partial charge in [-0.2, -0.15) is 8.42 Å². The topological polar surface area (TPSA) is 52.6 Å². The van der Waals surface area contributed by atoms with E-state index < -0.39 is 18.4 Å². The van der Waals surface area contributed by atoms with Gasteiger partial charge in [0.25, 0.3) is 10.1 Å². The summed E-state index contributed by atoms with van der Waals surface area (Å²) in [5.74, 6) is 1.28. The molecular formula is C21H34O4SSi. The molecule has 6 heteroatoms. The Morgan fingerprint density at radius 3 is 2.26 bits per heavy atom. The molecule has 3 rings (SSSR count). The van der Waals surface area contributed by atoms with Gasteiger partial charge >= 0.3 is 0 Å². The van der Waals surface area contributed by atoms with E-state index in [1.807, 2.05) is 19.1 Å². The predicted octanol–water partition coefficient (Wildman–Crippen LogP) is 5.14. The molecule has 4 nitrogen and oxygen atoms in total. The fourth-order valence-electron chi connectivity index (χ4n) is 4.19. The van der Waals surface area contributed by atoms with Crippen molar-refractivity contribution in [3.05, 3.63) is 29.8 Å². The van der Waals surface area contributed by atoms with Crippen LogP contribution in [0.1, 0.15) is 45.6 Å². The number of aryl methyl sites for hydroxylation is 1. The second-order valence-corrected chi connectivity index (χ2v) is 16.4. The second-order valence-electron chi connectivity index (χ2n) is 9.97. The van der Waals surface area contributed by atoms with Gasteiger partial charge in [-0.3, -0.25) is 4.18 Å². The number of hydrogen-bond acceptors (Lipinski definition) is 4. The van der Waals surface area contributed by atoms with Crippen LogP contribution in [0.5, 0.6) is 0 Å². The van der Waals surface area contributed by atoms with Crippen LogP contribution in [-0.2, 0) is 18.7 Å². The third-order valence-corrected chi connectivity index (χ3v) is 12.8. The van der Waals surface area contributed by atoms with Gasteiger partial charge in [0, 0.05) is 6.61 Å². The largest absolute Gasteiger partial charge is 0.417 e. The van der Waals surface area contributed by atoms with E-state index in [1.165, 1.54) is 0 Å². The molecule has 27 heavy (non-hydrogen) atoms. The standard InChI is InChI=1S/C21H34O4SSi/c1-15-7-9-18(10-8-15)26(22,23)25-20-13-16-11-17(19(20)12-16)14-24-27(5,6)21(2,3)4/h7-10,16-17,19-20H,11-14H2,1-6H3/t16-,17+,19-,20-/m1/s1. The highest BCUT2D eigenvalue weighted by Crippen LogP contribution is 2.51. The Morgan fingerprint density at radius 2 is 1.70 bits per heavy atom. The molecular weight excluding hydrogens is 376 g/mol. The van der Waals surface area contributed by atoms with Crippen LogP contribution in [-0.4, -0.2) is 29.4 Å². The van der Waals surface area contributed by atoms with Crippen LogP contribution < -0.4 is 0 Å². The van der Waals surface area contributed by atoms with Crippen molar-refractivity contribution in [2.45, 2.75) is 76.1 Å². The molecule has 0 heterocycles. The van der Waals surface area contributed by atoms with Gasteiger partial charge in [-0.25, -0.2) is 0 Å². The Bertz CT molecular complexity index is 764. The second kappa shape index (κ2) is 7.28. The lowest BCUT2D eigenvalue weighted by atomic mass is 9.87. The lowest BCUT2D eigenvalue weighted by molar-refractivity contribution is 0.0801. The molecule has 2 fully saturated rings. The van der Waals surface area contributed by atoms with Crippen molar-refractivity contribution in [2.24, 2.45) is 17.8 Å². The first kappa shape index (κ1) is 21.0. The molecule has 2 aliphatic rings. The summed E-state index contributed by atoms with van der Waals surface area (Å²) >= 11 is 0. The minimum atomic E-state index is -3.71. The molecule has 0 N–H and O–H groups in total. The van der Waals surface area contributed by atoms with Gasteiger partial charge in [0.15, 0.2) is 8.32 Å². The lowest BCUT2D eigenvalue weighted by Gasteiger charge is -2.38. The van der Waals surface area contributed by atoms with Gasteiger partial charge in [0.1, 0.15) is 0 Å². The van der Waals surface area contributed by atoms with E-state index in [1.54, 1.807) is 12.1 Å². The van der Waals surface area contributed by atoms with Crippen molar-refractivity contribution in [1.29, 1.82) is 0 Å². The summed E-state index contributed by atoms with van der Waals surface area (Å²) in [4.78, 5) is 0.255. The molecule has 4 atom stereocenters. The van der Waals surface area contributed by atoms with Gasteiger partial charge < -0.3 is 4.43 Å². The van der Waals surface area contributed by atoms with Gasteiger partial charge in [-0.05, 0) is 74.2 Å². The Morgan fingerprint density at radius 1 is 1.07 bits per heavy atom.